The van der Waals surface area contributed by atoms with Gasteiger partial charge in [-0.05, 0) is 112 Å². The predicted octanol–water partition coefficient (Wildman–Crippen LogP) is 3.61. The van der Waals surface area contributed by atoms with Gasteiger partial charge in [0, 0.05) is 63.1 Å². The van der Waals surface area contributed by atoms with E-state index in [1.165, 1.54) is 10.5 Å². The normalized spacial score (nSPS) is 23.7. The van der Waals surface area contributed by atoms with Gasteiger partial charge in [-0.3, -0.25) is 44.4 Å². The minimum absolute atomic E-state index is 0.0668. The number of nitrogens with one attached hydrogen (secondary N) is 3. The maximum Gasteiger partial charge on any atom is 0.429 e. The number of piperidine rings is 4. The number of rotatable bonds is 11. The quantitative estimate of drug-likeness (QED) is 0.159. The molecule has 6 aliphatic heterocycles. The highest BCUT2D eigenvalue weighted by molar-refractivity contribution is 6.23. The van der Waals surface area contributed by atoms with Crippen LogP contribution in [0.1, 0.15) is 100 Å². The van der Waals surface area contributed by atoms with Crippen LogP contribution in [0.5, 0.6) is 0 Å². The third kappa shape index (κ3) is 8.91. The van der Waals surface area contributed by atoms with Crippen LogP contribution in [0.15, 0.2) is 42.5 Å². The first-order valence-electron chi connectivity index (χ1n) is 22.6. The molecular formula is C45H51F3N12O6. The molecule has 0 bridgehead atoms. The third-order valence-electron chi connectivity index (χ3n) is 14.1. The molecule has 5 N–H and O–H groups in total. The first kappa shape index (κ1) is 44.7. The van der Waals surface area contributed by atoms with E-state index in [2.05, 4.69) is 47.7 Å². The molecule has 1 aromatic heterocycles. The lowest BCUT2D eigenvalue weighted by molar-refractivity contribution is -0.136. The van der Waals surface area contributed by atoms with Crippen molar-refractivity contribution < 1.29 is 41.9 Å². The van der Waals surface area contributed by atoms with Crippen molar-refractivity contribution in [3.8, 4) is 0 Å². The van der Waals surface area contributed by atoms with Crippen molar-refractivity contribution in [1.82, 2.24) is 35.2 Å². The maximum absolute atomic E-state index is 13.4. The number of benzene rings is 2. The number of fused-ring (bicyclic) bond motifs is 1. The Hall–Kier alpha value is -6.51. The predicted molar refractivity (Wildman–Crippen MR) is 233 cm³/mol. The first-order chi connectivity index (χ1) is 31.6. The molecule has 348 valence electrons. The van der Waals surface area contributed by atoms with E-state index in [0.717, 1.165) is 69.0 Å². The summed E-state index contributed by atoms with van der Waals surface area (Å²) < 4.78 is 39.7. The summed E-state index contributed by atoms with van der Waals surface area (Å²) >= 11 is 0. The molecule has 6 aliphatic rings. The zero-order valence-corrected chi connectivity index (χ0v) is 36.2. The Bertz CT molecular complexity index is 2450. The number of alkyl halides is 3. The van der Waals surface area contributed by atoms with Gasteiger partial charge in [-0.1, -0.05) is 12.1 Å². The van der Waals surface area contributed by atoms with Gasteiger partial charge in [0.05, 0.1) is 17.0 Å². The van der Waals surface area contributed by atoms with E-state index in [4.69, 9.17) is 11.1 Å². The zero-order chi connectivity index (χ0) is 46.4. The Morgan fingerprint density at radius 3 is 2.26 bits per heavy atom. The minimum atomic E-state index is -4.86. The molecule has 3 aromatic rings. The van der Waals surface area contributed by atoms with Crippen molar-refractivity contribution >= 4 is 64.3 Å². The van der Waals surface area contributed by atoms with Crippen LogP contribution in [-0.4, -0.2) is 142 Å². The molecule has 3 unspecified atom stereocenters. The third-order valence-corrected chi connectivity index (χ3v) is 14.1. The topological polar surface area (TPSA) is 231 Å². The van der Waals surface area contributed by atoms with Gasteiger partial charge < -0.3 is 30.7 Å². The fraction of sp³-hybridized carbons (Fsp3) is 0.511. The van der Waals surface area contributed by atoms with E-state index in [9.17, 15) is 41.9 Å². The molecule has 21 heteroatoms. The lowest BCUT2D eigenvalue weighted by atomic mass is 9.88. The average molecular weight is 913 g/mol. The number of amides is 6. The number of primary amides is 1. The molecule has 0 spiro atoms. The number of carbonyl (C=O) groups is 6. The van der Waals surface area contributed by atoms with Gasteiger partial charge in [-0.25, -0.2) is 0 Å². The van der Waals surface area contributed by atoms with Crippen molar-refractivity contribution in [3.63, 3.8) is 0 Å². The number of hydrogen-bond donors (Lipinski definition) is 4. The van der Waals surface area contributed by atoms with Crippen molar-refractivity contribution in [1.29, 1.82) is 5.41 Å². The molecule has 2 aromatic carbocycles. The number of carbonyl (C=O) groups excluding carboxylic acids is 6. The molecule has 7 heterocycles. The van der Waals surface area contributed by atoms with Crippen LogP contribution in [0.4, 0.5) is 36.3 Å². The van der Waals surface area contributed by atoms with Crippen LogP contribution in [0.3, 0.4) is 0 Å². The van der Waals surface area contributed by atoms with E-state index in [1.54, 1.807) is 17.0 Å². The van der Waals surface area contributed by atoms with Crippen LogP contribution < -0.4 is 26.2 Å². The molecule has 5 fully saturated rings. The summed E-state index contributed by atoms with van der Waals surface area (Å²) in [5.41, 5.74) is 7.25. The number of aromatic nitrogens is 3. The summed E-state index contributed by atoms with van der Waals surface area (Å²) in [5.74, 6) is -3.90. The highest BCUT2D eigenvalue weighted by atomic mass is 19.4. The van der Waals surface area contributed by atoms with Crippen LogP contribution >= 0.6 is 0 Å². The molecular weight excluding hydrogens is 862 g/mol. The number of nitrogens with zero attached hydrogens (tertiary/aromatic N) is 8. The van der Waals surface area contributed by atoms with Gasteiger partial charge in [0.2, 0.25) is 23.7 Å². The van der Waals surface area contributed by atoms with Crippen molar-refractivity contribution in [3.05, 3.63) is 64.8 Å². The van der Waals surface area contributed by atoms with Gasteiger partial charge in [0.1, 0.15) is 11.8 Å². The Balaban J connectivity index is 0.753. The number of likely N-dealkylation sites (tertiary alicyclic amines) is 2. The van der Waals surface area contributed by atoms with Crippen molar-refractivity contribution in [2.24, 2.45) is 17.6 Å². The van der Waals surface area contributed by atoms with Crippen molar-refractivity contribution in [2.75, 3.05) is 67.5 Å². The van der Waals surface area contributed by atoms with Crippen LogP contribution in [0.25, 0.3) is 0 Å². The Kier molecular flexibility index (Phi) is 12.2. The largest absolute Gasteiger partial charge is 0.429 e. The molecule has 0 saturated carbocycles. The summed E-state index contributed by atoms with van der Waals surface area (Å²) in [6.45, 7) is 5.45. The summed E-state index contributed by atoms with van der Waals surface area (Å²) in [6.07, 6.45) is 0.424. The number of hydrogen-bond acceptors (Lipinski definition) is 14. The Labute approximate surface area is 377 Å². The van der Waals surface area contributed by atoms with Gasteiger partial charge in [0.25, 0.3) is 17.7 Å². The van der Waals surface area contributed by atoms with Crippen LogP contribution in [0.2, 0.25) is 0 Å². The van der Waals surface area contributed by atoms with E-state index >= 15 is 0 Å². The molecule has 0 radical (unpaired) electrons. The second-order valence-electron chi connectivity index (χ2n) is 18.1. The molecule has 66 heavy (non-hydrogen) atoms. The summed E-state index contributed by atoms with van der Waals surface area (Å²) in [4.78, 5) is 89.6. The highest BCUT2D eigenvalue weighted by Gasteiger charge is 2.48. The number of nitrogens with two attached hydrogens (primary N) is 1. The molecule has 0 aliphatic carbocycles. The smallest absolute Gasteiger partial charge is 0.371 e. The molecule has 18 nitrogen and oxygen atoms in total. The van der Waals surface area contributed by atoms with Gasteiger partial charge in [-0.15, -0.1) is 10.2 Å². The summed E-state index contributed by atoms with van der Waals surface area (Å²) in [6, 6.07) is 11.8. The fourth-order valence-corrected chi connectivity index (χ4v) is 10.4. The zero-order valence-electron chi connectivity index (χ0n) is 36.2. The van der Waals surface area contributed by atoms with E-state index in [0.29, 0.717) is 36.9 Å². The second-order valence-corrected chi connectivity index (χ2v) is 18.1. The minimum Gasteiger partial charge on any atom is -0.371 e. The van der Waals surface area contributed by atoms with Gasteiger partial charge in [-0.2, -0.15) is 18.2 Å². The standard InChI is InChI=1S/C45H51F3N12O6/c46-45(47,48)37(49)32-15-21-59(41(32)64)30-2-1-16-58(24-30)44-53-39(36(38(50)62)54-55-44)51-28-5-3-26(4-6-28)27-13-17-56(18-14-27)23-25-11-19-57(20-12-25)29-7-8-31-33(22-29)43(66)60(42(31)65)34-9-10-35(61)52-40(34)63/h3-8,22,25,27,30,32,34,49H,1-2,9-21,23-24H2,(H2,50,62)(H,51,53,55)(H,52,61,63). The lowest BCUT2D eigenvalue weighted by Gasteiger charge is -2.38. The summed E-state index contributed by atoms with van der Waals surface area (Å²) in [5, 5.41) is 21.1. The fourth-order valence-electron chi connectivity index (χ4n) is 10.4. The Morgan fingerprint density at radius 2 is 1.56 bits per heavy atom. The average Bonchev–Trinajstić information content (AvgIpc) is 3.81. The van der Waals surface area contributed by atoms with Crippen molar-refractivity contribution in [2.45, 2.75) is 82.0 Å². The number of imide groups is 2. The monoisotopic (exact) mass is 912 g/mol. The van der Waals surface area contributed by atoms with E-state index in [1.807, 2.05) is 18.2 Å². The summed E-state index contributed by atoms with van der Waals surface area (Å²) in [7, 11) is 0. The van der Waals surface area contributed by atoms with Gasteiger partial charge in [0.15, 0.2) is 11.5 Å². The van der Waals surface area contributed by atoms with Crippen LogP contribution in [0, 0.1) is 17.2 Å². The Morgan fingerprint density at radius 1 is 0.833 bits per heavy atom. The molecule has 9 rings (SSSR count). The van der Waals surface area contributed by atoms with E-state index in [-0.39, 0.29) is 60.9 Å². The maximum atomic E-state index is 13.4. The molecule has 3 atom stereocenters. The number of halogens is 3. The molecule has 6 amide bonds. The van der Waals surface area contributed by atoms with E-state index < -0.39 is 65.3 Å². The number of anilines is 4. The first-order valence-corrected chi connectivity index (χ1v) is 22.6. The SMILES string of the molecule is N=C(C1CCN(C2CCCN(c3nnc(C(N)=O)c(Nc4ccc(C5CCN(CC6CCN(c7ccc8c(c7)C(=O)N(C7CCC(=O)NC7=O)C8=O)CC6)CC5)cc4)n3)C2)C1=O)C(F)(F)F. The molecule has 5 saturated heterocycles. The lowest BCUT2D eigenvalue weighted by Crippen LogP contribution is -2.54. The second kappa shape index (κ2) is 18.0. The van der Waals surface area contributed by atoms with Gasteiger partial charge >= 0.3 is 6.18 Å². The van der Waals surface area contributed by atoms with Crippen LogP contribution in [-0.2, 0) is 14.4 Å². The highest BCUT2D eigenvalue weighted by Crippen LogP contribution is 2.36.